The van der Waals surface area contributed by atoms with E-state index in [0.717, 1.165) is 51.7 Å². The highest BCUT2D eigenvalue weighted by atomic mass is 35.5. The van der Waals surface area contributed by atoms with Gasteiger partial charge in [0.15, 0.2) is 0 Å². The number of nitrogens with zero attached hydrogens (tertiary/aromatic N) is 2. The Balaban J connectivity index is 0.00000264. The van der Waals surface area contributed by atoms with Gasteiger partial charge in [-0.1, -0.05) is 0 Å². The van der Waals surface area contributed by atoms with Crippen LogP contribution in [0.4, 0.5) is 0 Å². The number of piperidine rings is 2. The van der Waals surface area contributed by atoms with Gasteiger partial charge in [-0.15, -0.1) is 24.2 Å². The zero-order valence-corrected chi connectivity index (χ0v) is 15.7. The molecule has 0 aromatic carbocycles. The van der Waals surface area contributed by atoms with Crippen LogP contribution in [0.3, 0.4) is 0 Å². The minimum absolute atomic E-state index is 0. The molecule has 0 aliphatic carbocycles. The van der Waals surface area contributed by atoms with Crippen molar-refractivity contribution in [3.05, 3.63) is 0 Å². The molecular formula is C16H30ClN3O2S. The quantitative estimate of drug-likeness (QED) is 0.809. The van der Waals surface area contributed by atoms with Gasteiger partial charge in [0.1, 0.15) is 0 Å². The minimum Gasteiger partial charge on any atom is -0.342 e. The summed E-state index contributed by atoms with van der Waals surface area (Å²) in [4.78, 5) is 28.4. The number of hydrogen-bond donors (Lipinski definition) is 1. The number of carbonyl (C=O) groups excluding carboxylic acids is 2. The number of halogens is 1. The monoisotopic (exact) mass is 363 g/mol. The first-order valence-electron chi connectivity index (χ1n) is 8.50. The van der Waals surface area contributed by atoms with Crippen molar-refractivity contribution in [2.45, 2.75) is 57.5 Å². The highest BCUT2D eigenvalue weighted by Gasteiger charge is 2.29. The van der Waals surface area contributed by atoms with Crippen molar-refractivity contribution >= 4 is 36.0 Å². The molecule has 2 fully saturated rings. The van der Waals surface area contributed by atoms with Gasteiger partial charge >= 0.3 is 0 Å². The Morgan fingerprint density at radius 3 is 2.30 bits per heavy atom. The van der Waals surface area contributed by atoms with Gasteiger partial charge in [0.25, 0.3) is 0 Å². The van der Waals surface area contributed by atoms with E-state index in [1.807, 2.05) is 16.7 Å². The van der Waals surface area contributed by atoms with E-state index in [2.05, 4.69) is 0 Å². The predicted molar refractivity (Wildman–Crippen MR) is 98.0 cm³/mol. The summed E-state index contributed by atoms with van der Waals surface area (Å²) in [5.74, 6) is 1.13. The number of nitrogens with two attached hydrogens (primary N) is 1. The number of rotatable bonds is 5. The fourth-order valence-corrected chi connectivity index (χ4v) is 4.16. The molecule has 0 spiro atoms. The molecule has 2 aliphatic heterocycles. The summed E-state index contributed by atoms with van der Waals surface area (Å²) in [5.41, 5.74) is 6.01. The third-order valence-corrected chi connectivity index (χ3v) is 5.54. The lowest BCUT2D eigenvalue weighted by Crippen LogP contribution is -2.52. The van der Waals surface area contributed by atoms with Gasteiger partial charge in [0.2, 0.25) is 11.8 Å². The second-order valence-corrected chi connectivity index (χ2v) is 7.43. The number of thioether (sulfide) groups is 1. The molecule has 7 heteroatoms. The fourth-order valence-electron chi connectivity index (χ4n) is 3.36. The Morgan fingerprint density at radius 2 is 1.65 bits per heavy atom. The standard InChI is InChI=1S/C16H29N3O2S.ClH/c1-13(17)14-7-3-6-10-19(14)16(21)12-22-11-15(20)18-8-4-2-5-9-18;/h13-14H,2-12,17H2,1H3;1H. The maximum Gasteiger partial charge on any atom is 0.232 e. The first-order chi connectivity index (χ1) is 10.6. The van der Waals surface area contributed by atoms with Crippen LogP contribution in [0, 0.1) is 0 Å². The Morgan fingerprint density at radius 1 is 1.04 bits per heavy atom. The molecule has 134 valence electrons. The zero-order chi connectivity index (χ0) is 15.9. The average molecular weight is 364 g/mol. The second kappa shape index (κ2) is 10.4. The summed E-state index contributed by atoms with van der Waals surface area (Å²) in [6, 6.07) is 0.184. The molecule has 2 amide bonds. The Labute approximate surface area is 150 Å². The van der Waals surface area contributed by atoms with E-state index in [4.69, 9.17) is 5.73 Å². The molecule has 2 heterocycles. The molecule has 2 saturated heterocycles. The molecule has 0 bridgehead atoms. The van der Waals surface area contributed by atoms with Crippen LogP contribution in [0.25, 0.3) is 0 Å². The Kier molecular flexibility index (Phi) is 9.32. The summed E-state index contributed by atoms with van der Waals surface area (Å²) >= 11 is 1.45. The lowest BCUT2D eigenvalue weighted by atomic mass is 9.97. The van der Waals surface area contributed by atoms with Gasteiger partial charge in [0.05, 0.1) is 11.5 Å². The maximum atomic E-state index is 12.4. The summed E-state index contributed by atoms with van der Waals surface area (Å²) in [6.07, 6.45) is 6.66. The summed E-state index contributed by atoms with van der Waals surface area (Å²) in [6.45, 7) is 4.55. The van der Waals surface area contributed by atoms with E-state index in [1.165, 1.54) is 18.2 Å². The lowest BCUT2D eigenvalue weighted by Gasteiger charge is -2.38. The topological polar surface area (TPSA) is 66.6 Å². The van der Waals surface area contributed by atoms with Crippen molar-refractivity contribution in [1.29, 1.82) is 0 Å². The van der Waals surface area contributed by atoms with Crippen molar-refractivity contribution in [2.75, 3.05) is 31.1 Å². The minimum atomic E-state index is 0. The maximum absolute atomic E-state index is 12.4. The first kappa shape index (κ1) is 20.6. The van der Waals surface area contributed by atoms with Crippen LogP contribution in [-0.4, -0.2) is 64.8 Å². The van der Waals surface area contributed by atoms with Crippen LogP contribution in [0.2, 0.25) is 0 Å². The smallest absolute Gasteiger partial charge is 0.232 e. The van der Waals surface area contributed by atoms with Crippen molar-refractivity contribution in [2.24, 2.45) is 5.73 Å². The predicted octanol–water partition coefficient (Wildman–Crippen LogP) is 1.88. The largest absolute Gasteiger partial charge is 0.342 e. The molecule has 2 rings (SSSR count). The van der Waals surface area contributed by atoms with E-state index in [1.54, 1.807) is 0 Å². The van der Waals surface area contributed by atoms with Gasteiger partial charge in [-0.05, 0) is 45.4 Å². The number of hydrogen-bond acceptors (Lipinski definition) is 4. The molecule has 0 radical (unpaired) electrons. The van der Waals surface area contributed by atoms with Gasteiger partial charge in [-0.2, -0.15) is 0 Å². The van der Waals surface area contributed by atoms with Gasteiger partial charge in [-0.3, -0.25) is 9.59 Å². The summed E-state index contributed by atoms with van der Waals surface area (Å²) in [7, 11) is 0. The normalized spacial score (nSPS) is 23.1. The number of amides is 2. The molecular weight excluding hydrogens is 334 g/mol. The molecule has 0 aromatic rings. The molecule has 0 aromatic heterocycles. The number of likely N-dealkylation sites (tertiary alicyclic amines) is 2. The van der Waals surface area contributed by atoms with Crippen molar-refractivity contribution < 1.29 is 9.59 Å². The van der Waals surface area contributed by atoms with Crippen LogP contribution < -0.4 is 5.73 Å². The van der Waals surface area contributed by atoms with Crippen LogP contribution in [0.5, 0.6) is 0 Å². The first-order valence-corrected chi connectivity index (χ1v) is 9.65. The van der Waals surface area contributed by atoms with E-state index >= 15 is 0 Å². The average Bonchev–Trinajstić information content (AvgIpc) is 2.55. The molecule has 2 aliphatic rings. The van der Waals surface area contributed by atoms with Crippen molar-refractivity contribution in [3.8, 4) is 0 Å². The summed E-state index contributed by atoms with van der Waals surface area (Å²) < 4.78 is 0. The fraction of sp³-hybridized carbons (Fsp3) is 0.875. The SMILES string of the molecule is CC(N)C1CCCCN1C(=O)CSCC(=O)N1CCCCC1.Cl. The molecule has 2 atom stereocenters. The van der Waals surface area contributed by atoms with Gasteiger partial charge in [0, 0.05) is 31.7 Å². The third kappa shape index (κ3) is 6.16. The second-order valence-electron chi connectivity index (χ2n) is 6.44. The van der Waals surface area contributed by atoms with Crippen LogP contribution in [0.1, 0.15) is 45.4 Å². The highest BCUT2D eigenvalue weighted by Crippen LogP contribution is 2.20. The molecule has 0 saturated carbocycles. The highest BCUT2D eigenvalue weighted by molar-refractivity contribution is 8.00. The van der Waals surface area contributed by atoms with Crippen LogP contribution in [0.15, 0.2) is 0 Å². The van der Waals surface area contributed by atoms with Crippen molar-refractivity contribution in [3.63, 3.8) is 0 Å². The molecule has 5 nitrogen and oxygen atoms in total. The van der Waals surface area contributed by atoms with E-state index in [9.17, 15) is 9.59 Å². The zero-order valence-electron chi connectivity index (χ0n) is 14.0. The van der Waals surface area contributed by atoms with Crippen molar-refractivity contribution in [1.82, 2.24) is 9.80 Å². The van der Waals surface area contributed by atoms with E-state index in [0.29, 0.717) is 11.5 Å². The van der Waals surface area contributed by atoms with Crippen LogP contribution in [-0.2, 0) is 9.59 Å². The molecule has 2 unspecified atom stereocenters. The Hall–Kier alpha value is -0.460. The van der Waals surface area contributed by atoms with E-state index in [-0.39, 0.29) is 36.3 Å². The summed E-state index contributed by atoms with van der Waals surface area (Å²) in [5, 5.41) is 0. The molecule has 2 N–H and O–H groups in total. The lowest BCUT2D eigenvalue weighted by molar-refractivity contribution is -0.132. The third-order valence-electron chi connectivity index (χ3n) is 4.64. The molecule has 23 heavy (non-hydrogen) atoms. The van der Waals surface area contributed by atoms with Gasteiger partial charge < -0.3 is 15.5 Å². The van der Waals surface area contributed by atoms with E-state index < -0.39 is 0 Å². The van der Waals surface area contributed by atoms with Gasteiger partial charge in [-0.25, -0.2) is 0 Å². The van der Waals surface area contributed by atoms with Crippen LogP contribution >= 0.6 is 24.2 Å². The Bertz CT molecular complexity index is 390. The number of carbonyl (C=O) groups is 2.